The molecule has 0 saturated heterocycles. The lowest BCUT2D eigenvalue weighted by molar-refractivity contribution is -0.118. The molecule has 0 amide bonds. The van der Waals surface area contributed by atoms with E-state index in [1.165, 1.54) is 26.4 Å². The van der Waals surface area contributed by atoms with Crippen LogP contribution in [0.2, 0.25) is 10.0 Å². The SMILES string of the molecule is COc1cc(OC)c2c(c1Cl)O[C@]1(C2=O)C(OCc2ccccc2Cl)=CC(=O)C[C@H]1C. The van der Waals surface area contributed by atoms with Gasteiger partial charge in [0.25, 0.3) is 0 Å². The van der Waals surface area contributed by atoms with Gasteiger partial charge in [0, 0.05) is 35.1 Å². The van der Waals surface area contributed by atoms with E-state index in [9.17, 15) is 9.59 Å². The molecule has 6 nitrogen and oxygen atoms in total. The number of ether oxygens (including phenoxy) is 4. The number of rotatable bonds is 5. The van der Waals surface area contributed by atoms with Crippen molar-refractivity contribution in [1.29, 1.82) is 0 Å². The number of Topliss-reactive ketones (excluding diaryl/α,β-unsaturated/α-hetero) is 1. The lowest BCUT2D eigenvalue weighted by Gasteiger charge is -2.37. The smallest absolute Gasteiger partial charge is 0.231 e. The number of hydrogen-bond acceptors (Lipinski definition) is 6. The molecule has 2 atom stereocenters. The molecule has 0 unspecified atom stereocenters. The highest BCUT2D eigenvalue weighted by atomic mass is 35.5. The molecule has 0 fully saturated rings. The number of fused-ring (bicyclic) bond motifs is 1. The summed E-state index contributed by atoms with van der Waals surface area (Å²) in [7, 11) is 2.90. The fourth-order valence-corrected chi connectivity index (χ4v) is 4.46. The van der Waals surface area contributed by atoms with Crippen molar-refractivity contribution < 1.29 is 28.5 Å². The summed E-state index contributed by atoms with van der Waals surface area (Å²) in [5.74, 6) is -0.190. The second-order valence-corrected chi connectivity index (χ2v) is 8.21. The Bertz CT molecular complexity index is 1110. The fourth-order valence-electron chi connectivity index (χ4n) is 4.01. The molecule has 0 aromatic heterocycles. The van der Waals surface area contributed by atoms with Gasteiger partial charge in [0.15, 0.2) is 17.3 Å². The summed E-state index contributed by atoms with van der Waals surface area (Å²) < 4.78 is 22.9. The number of benzene rings is 2. The highest BCUT2D eigenvalue weighted by Crippen LogP contribution is 2.54. The third kappa shape index (κ3) is 3.34. The first kappa shape index (κ1) is 21.5. The van der Waals surface area contributed by atoms with Gasteiger partial charge in [0.2, 0.25) is 11.4 Å². The number of methoxy groups -OCH3 is 2. The van der Waals surface area contributed by atoms with Crippen LogP contribution in [0.3, 0.4) is 0 Å². The molecule has 0 bridgehead atoms. The third-order valence-corrected chi connectivity index (χ3v) is 6.35. The van der Waals surface area contributed by atoms with Crippen molar-refractivity contribution in [1.82, 2.24) is 0 Å². The molecule has 2 aromatic rings. The summed E-state index contributed by atoms with van der Waals surface area (Å²) in [5, 5.41) is 0.668. The van der Waals surface area contributed by atoms with Gasteiger partial charge in [0.05, 0.1) is 14.2 Å². The largest absolute Gasteiger partial charge is 0.496 e. The average Bonchev–Trinajstić information content (AvgIpc) is 3.06. The first-order valence-electron chi connectivity index (χ1n) is 9.63. The predicted octanol–water partition coefficient (Wildman–Crippen LogP) is 5.03. The maximum absolute atomic E-state index is 13.7. The molecular formula is C23H20Cl2O6. The summed E-state index contributed by atoms with van der Waals surface area (Å²) in [6.07, 6.45) is 1.44. The summed E-state index contributed by atoms with van der Waals surface area (Å²) in [4.78, 5) is 26.1. The summed E-state index contributed by atoms with van der Waals surface area (Å²) in [6.45, 7) is 1.83. The normalized spacial score (nSPS) is 22.1. The lowest BCUT2D eigenvalue weighted by Crippen LogP contribution is -2.51. The summed E-state index contributed by atoms with van der Waals surface area (Å²) in [5.41, 5.74) is -0.631. The molecule has 162 valence electrons. The zero-order valence-corrected chi connectivity index (χ0v) is 18.7. The van der Waals surface area contributed by atoms with Gasteiger partial charge in [-0.25, -0.2) is 0 Å². The maximum Gasteiger partial charge on any atom is 0.231 e. The van der Waals surface area contributed by atoms with Gasteiger partial charge in [-0.15, -0.1) is 0 Å². The number of carbonyl (C=O) groups excluding carboxylic acids is 2. The highest BCUT2D eigenvalue weighted by molar-refractivity contribution is 6.35. The molecule has 8 heteroatoms. The molecule has 1 heterocycles. The molecule has 0 radical (unpaired) electrons. The molecule has 0 N–H and O–H groups in total. The molecule has 1 aliphatic heterocycles. The van der Waals surface area contributed by atoms with E-state index < -0.39 is 11.5 Å². The van der Waals surface area contributed by atoms with Crippen LogP contribution in [-0.4, -0.2) is 31.4 Å². The quantitative estimate of drug-likeness (QED) is 0.619. The van der Waals surface area contributed by atoms with Crippen LogP contribution in [0.5, 0.6) is 17.2 Å². The van der Waals surface area contributed by atoms with Crippen LogP contribution in [0.4, 0.5) is 0 Å². The molecule has 1 spiro atoms. The number of allylic oxidation sites excluding steroid dienone is 1. The van der Waals surface area contributed by atoms with E-state index in [1.807, 2.05) is 6.07 Å². The van der Waals surface area contributed by atoms with Crippen molar-refractivity contribution in [3.8, 4) is 17.2 Å². The maximum atomic E-state index is 13.7. The average molecular weight is 463 g/mol. The van der Waals surface area contributed by atoms with Crippen LogP contribution in [0.1, 0.15) is 29.3 Å². The van der Waals surface area contributed by atoms with E-state index in [-0.39, 0.29) is 52.4 Å². The van der Waals surface area contributed by atoms with Crippen molar-refractivity contribution in [2.45, 2.75) is 25.6 Å². The Morgan fingerprint density at radius 3 is 2.52 bits per heavy atom. The Morgan fingerprint density at radius 1 is 1.13 bits per heavy atom. The van der Waals surface area contributed by atoms with Gasteiger partial charge < -0.3 is 18.9 Å². The third-order valence-electron chi connectivity index (χ3n) is 5.62. The van der Waals surface area contributed by atoms with E-state index in [4.69, 9.17) is 42.1 Å². The van der Waals surface area contributed by atoms with E-state index in [0.717, 1.165) is 0 Å². The zero-order valence-electron chi connectivity index (χ0n) is 17.2. The van der Waals surface area contributed by atoms with Crippen molar-refractivity contribution in [2.24, 2.45) is 5.92 Å². The molecule has 4 rings (SSSR count). The lowest BCUT2D eigenvalue weighted by atomic mass is 9.75. The van der Waals surface area contributed by atoms with Gasteiger partial charge in [-0.05, 0) is 6.07 Å². The Morgan fingerprint density at radius 2 is 1.84 bits per heavy atom. The Balaban J connectivity index is 1.80. The molecule has 31 heavy (non-hydrogen) atoms. The van der Waals surface area contributed by atoms with E-state index >= 15 is 0 Å². The second-order valence-electron chi connectivity index (χ2n) is 7.43. The molecule has 1 aliphatic carbocycles. The summed E-state index contributed by atoms with van der Waals surface area (Å²) in [6, 6.07) is 8.71. The molecular weight excluding hydrogens is 443 g/mol. The van der Waals surface area contributed by atoms with E-state index in [2.05, 4.69) is 0 Å². The number of hydrogen-bond donors (Lipinski definition) is 0. The molecule has 2 aliphatic rings. The van der Waals surface area contributed by atoms with Crippen LogP contribution in [0.15, 0.2) is 42.2 Å². The van der Waals surface area contributed by atoms with Crippen molar-refractivity contribution in [2.75, 3.05) is 14.2 Å². The van der Waals surface area contributed by atoms with Crippen molar-refractivity contribution in [3.63, 3.8) is 0 Å². The van der Waals surface area contributed by atoms with Crippen molar-refractivity contribution >= 4 is 34.8 Å². The Hall–Kier alpha value is -2.70. The number of ketones is 2. The van der Waals surface area contributed by atoms with Gasteiger partial charge in [-0.3, -0.25) is 9.59 Å². The minimum Gasteiger partial charge on any atom is -0.496 e. The minimum atomic E-state index is -1.54. The van der Waals surface area contributed by atoms with Crippen LogP contribution < -0.4 is 14.2 Å². The zero-order chi connectivity index (χ0) is 22.3. The predicted molar refractivity (Wildman–Crippen MR) is 115 cm³/mol. The van der Waals surface area contributed by atoms with E-state index in [1.54, 1.807) is 25.1 Å². The van der Waals surface area contributed by atoms with Gasteiger partial charge in [0.1, 0.15) is 28.7 Å². The number of carbonyl (C=O) groups is 2. The van der Waals surface area contributed by atoms with Gasteiger partial charge in [-0.2, -0.15) is 0 Å². The van der Waals surface area contributed by atoms with Crippen LogP contribution in [0, 0.1) is 5.92 Å². The van der Waals surface area contributed by atoms with Gasteiger partial charge in [-0.1, -0.05) is 48.3 Å². The fraction of sp³-hybridized carbons (Fsp3) is 0.304. The minimum absolute atomic E-state index is 0.0639. The van der Waals surface area contributed by atoms with Gasteiger partial charge >= 0.3 is 0 Å². The first-order valence-corrected chi connectivity index (χ1v) is 10.4. The standard InChI is InChI=1S/C23H20Cl2O6/c1-12-8-14(26)9-18(30-11-13-6-4-5-7-15(13)24)23(12)22(27)19-16(28-2)10-17(29-3)20(25)21(19)31-23/h4-7,9-10,12H,8,11H2,1-3H3/t12-,23+/m1/s1. The van der Waals surface area contributed by atoms with Crippen LogP contribution in [0.25, 0.3) is 0 Å². The van der Waals surface area contributed by atoms with Crippen LogP contribution in [-0.2, 0) is 16.1 Å². The first-order chi connectivity index (χ1) is 14.8. The van der Waals surface area contributed by atoms with Crippen LogP contribution >= 0.6 is 23.2 Å². The Kier molecular flexibility index (Phi) is 5.62. The number of halogens is 2. The van der Waals surface area contributed by atoms with E-state index in [0.29, 0.717) is 16.3 Å². The summed E-state index contributed by atoms with van der Waals surface area (Å²) >= 11 is 12.7. The monoisotopic (exact) mass is 462 g/mol. The highest BCUT2D eigenvalue weighted by Gasteiger charge is 2.60. The second kappa shape index (κ2) is 8.09. The molecule has 0 saturated carbocycles. The Labute approximate surface area is 189 Å². The molecule has 2 aromatic carbocycles. The van der Waals surface area contributed by atoms with Crippen molar-refractivity contribution in [3.05, 3.63) is 63.3 Å². The topological polar surface area (TPSA) is 71.1 Å².